The second kappa shape index (κ2) is 7.46. The van der Waals surface area contributed by atoms with Crippen molar-refractivity contribution in [3.05, 3.63) is 42.0 Å². The van der Waals surface area contributed by atoms with Crippen molar-refractivity contribution in [2.45, 2.75) is 13.0 Å². The first kappa shape index (κ1) is 16.5. The predicted molar refractivity (Wildman–Crippen MR) is 89.8 cm³/mol. The summed E-state index contributed by atoms with van der Waals surface area (Å²) in [5.41, 5.74) is 2.31. The Morgan fingerprint density at radius 3 is 3.08 bits per heavy atom. The molecular weight excluding hydrogens is 308 g/mol. The number of imidazole rings is 1. The van der Waals surface area contributed by atoms with Gasteiger partial charge in [0.2, 0.25) is 0 Å². The topological polar surface area (TPSA) is 77.4 Å². The molecular formula is C17H22N4O3. The summed E-state index contributed by atoms with van der Waals surface area (Å²) in [6.45, 7) is 4.69. The maximum atomic E-state index is 12.3. The van der Waals surface area contributed by atoms with E-state index < -0.39 is 0 Å². The van der Waals surface area contributed by atoms with Gasteiger partial charge in [-0.1, -0.05) is 0 Å². The van der Waals surface area contributed by atoms with Crippen LogP contribution < -0.4 is 15.4 Å². The van der Waals surface area contributed by atoms with Gasteiger partial charge in [-0.25, -0.2) is 4.98 Å². The van der Waals surface area contributed by atoms with Crippen LogP contribution in [-0.4, -0.2) is 54.9 Å². The summed E-state index contributed by atoms with van der Waals surface area (Å²) in [7, 11) is 1.59. The Kier molecular flexibility index (Phi) is 5.12. The number of methoxy groups -OCH3 is 1. The minimum atomic E-state index is -0.143. The zero-order valence-electron chi connectivity index (χ0n) is 13.9. The van der Waals surface area contributed by atoms with Crippen molar-refractivity contribution < 1.29 is 14.3 Å². The van der Waals surface area contributed by atoms with Gasteiger partial charge in [0.1, 0.15) is 5.75 Å². The number of nitrogens with one attached hydrogen (secondary N) is 2. The third kappa shape index (κ3) is 3.74. The average molecular weight is 330 g/mol. The smallest absolute Gasteiger partial charge is 0.251 e. The number of hydrogen-bond donors (Lipinski definition) is 2. The largest absolute Gasteiger partial charge is 0.495 e. The molecule has 0 radical (unpaired) electrons. The number of aromatic nitrogens is 2. The molecule has 7 nitrogen and oxygen atoms in total. The number of benzene rings is 1. The van der Waals surface area contributed by atoms with Gasteiger partial charge in [0.25, 0.3) is 5.91 Å². The van der Waals surface area contributed by atoms with E-state index in [-0.39, 0.29) is 12.0 Å². The van der Waals surface area contributed by atoms with Crippen LogP contribution in [0.4, 0.5) is 0 Å². The average Bonchev–Trinajstić information content (AvgIpc) is 3.06. The summed E-state index contributed by atoms with van der Waals surface area (Å²) in [5, 5.41) is 6.14. The maximum absolute atomic E-state index is 12.3. The Hall–Kier alpha value is -2.38. The van der Waals surface area contributed by atoms with Crippen LogP contribution in [0.2, 0.25) is 0 Å². The number of rotatable bonds is 5. The van der Waals surface area contributed by atoms with E-state index in [9.17, 15) is 4.79 Å². The highest BCUT2D eigenvalue weighted by atomic mass is 16.5. The van der Waals surface area contributed by atoms with Gasteiger partial charge in [0.15, 0.2) is 0 Å². The minimum Gasteiger partial charge on any atom is -0.495 e. The summed E-state index contributed by atoms with van der Waals surface area (Å²) < 4.78 is 12.9. The van der Waals surface area contributed by atoms with Crippen molar-refractivity contribution in [3.63, 3.8) is 0 Å². The molecule has 1 aromatic heterocycles. The van der Waals surface area contributed by atoms with Gasteiger partial charge in [0, 0.05) is 31.4 Å². The Morgan fingerprint density at radius 2 is 2.42 bits per heavy atom. The molecule has 0 spiro atoms. The summed E-state index contributed by atoms with van der Waals surface area (Å²) in [5.74, 6) is 0.478. The monoisotopic (exact) mass is 330 g/mol. The molecule has 1 aromatic carbocycles. The summed E-state index contributed by atoms with van der Waals surface area (Å²) in [6, 6.07) is 5.37. The molecule has 7 heteroatoms. The molecule has 1 unspecified atom stereocenters. The van der Waals surface area contributed by atoms with Gasteiger partial charge >= 0.3 is 0 Å². The maximum Gasteiger partial charge on any atom is 0.251 e. The normalized spacial score (nSPS) is 17.5. The van der Waals surface area contributed by atoms with E-state index in [1.807, 2.05) is 23.8 Å². The van der Waals surface area contributed by atoms with Crippen molar-refractivity contribution in [2.75, 3.05) is 33.4 Å². The number of carbonyl (C=O) groups is 1. The van der Waals surface area contributed by atoms with Gasteiger partial charge in [-0.15, -0.1) is 0 Å². The molecule has 2 aromatic rings. The first-order chi connectivity index (χ1) is 11.7. The van der Waals surface area contributed by atoms with Crippen LogP contribution in [0.1, 0.15) is 16.1 Å². The lowest BCUT2D eigenvalue weighted by Gasteiger charge is -2.23. The molecule has 2 heterocycles. The lowest BCUT2D eigenvalue weighted by molar-refractivity contribution is 0.0287. The number of ether oxygens (including phenoxy) is 2. The van der Waals surface area contributed by atoms with E-state index in [2.05, 4.69) is 15.6 Å². The fourth-order valence-corrected chi connectivity index (χ4v) is 2.64. The van der Waals surface area contributed by atoms with Gasteiger partial charge in [-0.2, -0.15) is 0 Å². The third-order valence-corrected chi connectivity index (χ3v) is 3.93. The van der Waals surface area contributed by atoms with E-state index in [1.54, 1.807) is 25.6 Å². The molecule has 1 fully saturated rings. The molecule has 2 N–H and O–H groups in total. The SMILES string of the molecule is COc1cc(C(=O)NCC2CNCCO2)ccc1-n1cnc(C)c1. The number of aryl methyl sites for hydroxylation is 1. The fourth-order valence-electron chi connectivity index (χ4n) is 2.64. The number of amides is 1. The Labute approximate surface area is 141 Å². The van der Waals surface area contributed by atoms with Crippen LogP contribution in [0.25, 0.3) is 5.69 Å². The van der Waals surface area contributed by atoms with Crippen LogP contribution in [0.15, 0.2) is 30.7 Å². The highest BCUT2D eigenvalue weighted by Gasteiger charge is 2.16. The molecule has 0 saturated carbocycles. The fraction of sp³-hybridized carbons (Fsp3) is 0.412. The van der Waals surface area contributed by atoms with E-state index in [0.29, 0.717) is 24.5 Å². The van der Waals surface area contributed by atoms with Gasteiger partial charge in [-0.05, 0) is 25.1 Å². The van der Waals surface area contributed by atoms with Crippen LogP contribution in [-0.2, 0) is 4.74 Å². The van der Waals surface area contributed by atoms with Crippen LogP contribution in [0.5, 0.6) is 5.75 Å². The number of morpholine rings is 1. The standard InChI is InChI=1S/C17H22N4O3/c1-12-10-21(11-20-12)15-4-3-13(7-16(15)23-2)17(22)19-9-14-8-18-5-6-24-14/h3-4,7,10-11,14,18H,5-6,8-9H2,1-2H3,(H,19,22). The zero-order valence-corrected chi connectivity index (χ0v) is 13.9. The molecule has 1 amide bonds. The van der Waals surface area contributed by atoms with Gasteiger partial charge in [-0.3, -0.25) is 4.79 Å². The Balaban J connectivity index is 1.70. The summed E-state index contributed by atoms with van der Waals surface area (Å²) in [4.78, 5) is 16.6. The van der Waals surface area contributed by atoms with Crippen molar-refractivity contribution in [2.24, 2.45) is 0 Å². The number of carbonyl (C=O) groups excluding carboxylic acids is 1. The second-order valence-corrected chi connectivity index (χ2v) is 5.72. The quantitative estimate of drug-likeness (QED) is 0.852. The molecule has 1 atom stereocenters. The molecule has 0 bridgehead atoms. The first-order valence-electron chi connectivity index (χ1n) is 7.97. The van der Waals surface area contributed by atoms with Crippen LogP contribution in [0.3, 0.4) is 0 Å². The van der Waals surface area contributed by atoms with E-state index in [1.165, 1.54) is 0 Å². The molecule has 128 valence electrons. The third-order valence-electron chi connectivity index (χ3n) is 3.93. The van der Waals surface area contributed by atoms with Crippen LogP contribution in [0, 0.1) is 6.92 Å². The molecule has 0 aliphatic carbocycles. The molecule has 24 heavy (non-hydrogen) atoms. The molecule has 1 saturated heterocycles. The predicted octanol–water partition coefficient (Wildman–Crippen LogP) is 0.908. The lowest BCUT2D eigenvalue weighted by atomic mass is 10.1. The van der Waals surface area contributed by atoms with Crippen molar-refractivity contribution in [1.82, 2.24) is 20.2 Å². The van der Waals surface area contributed by atoms with Gasteiger partial charge < -0.3 is 24.7 Å². The highest BCUT2D eigenvalue weighted by Crippen LogP contribution is 2.24. The number of nitrogens with zero attached hydrogens (tertiary/aromatic N) is 2. The van der Waals surface area contributed by atoms with Gasteiger partial charge in [0.05, 0.1) is 37.5 Å². The summed E-state index contributed by atoms with van der Waals surface area (Å²) >= 11 is 0. The second-order valence-electron chi connectivity index (χ2n) is 5.72. The molecule has 1 aliphatic rings. The Morgan fingerprint density at radius 1 is 1.54 bits per heavy atom. The van der Waals surface area contributed by atoms with Crippen molar-refractivity contribution in [1.29, 1.82) is 0 Å². The lowest BCUT2D eigenvalue weighted by Crippen LogP contribution is -2.45. The van der Waals surface area contributed by atoms with E-state index >= 15 is 0 Å². The molecule has 3 rings (SSSR count). The van der Waals surface area contributed by atoms with Crippen molar-refractivity contribution in [3.8, 4) is 11.4 Å². The first-order valence-corrected chi connectivity index (χ1v) is 7.97. The van der Waals surface area contributed by atoms with E-state index in [4.69, 9.17) is 9.47 Å². The summed E-state index contributed by atoms with van der Waals surface area (Å²) in [6.07, 6.45) is 3.64. The van der Waals surface area contributed by atoms with Crippen LogP contribution >= 0.6 is 0 Å². The zero-order chi connectivity index (χ0) is 16.9. The highest BCUT2D eigenvalue weighted by molar-refractivity contribution is 5.95. The minimum absolute atomic E-state index is 0.0118. The molecule has 1 aliphatic heterocycles. The van der Waals surface area contributed by atoms with Crippen molar-refractivity contribution >= 4 is 5.91 Å². The Bertz CT molecular complexity index is 708. The number of hydrogen-bond acceptors (Lipinski definition) is 5. The van der Waals surface area contributed by atoms with E-state index in [0.717, 1.165) is 24.5 Å².